The van der Waals surface area contributed by atoms with Crippen LogP contribution in [0.2, 0.25) is 10.0 Å². The fourth-order valence-corrected chi connectivity index (χ4v) is 6.71. The van der Waals surface area contributed by atoms with Gasteiger partial charge in [-0.2, -0.15) is 4.31 Å². The number of carbonyl (C=O) groups excluding carboxylic acids is 1. The molecule has 0 spiro atoms. The van der Waals surface area contributed by atoms with E-state index in [1.165, 1.54) is 35.6 Å². The van der Waals surface area contributed by atoms with Gasteiger partial charge < -0.3 is 0 Å². The molecule has 4 rings (SSSR count). The van der Waals surface area contributed by atoms with Crippen molar-refractivity contribution < 1.29 is 13.2 Å². The Kier molecular flexibility index (Phi) is 7.12. The van der Waals surface area contributed by atoms with Crippen LogP contribution < -0.4 is 5.32 Å². The number of halogens is 2. The van der Waals surface area contributed by atoms with Crippen LogP contribution in [-0.2, 0) is 10.0 Å². The molecule has 1 fully saturated rings. The second-order valence-electron chi connectivity index (χ2n) is 8.41. The minimum atomic E-state index is -3.59. The summed E-state index contributed by atoms with van der Waals surface area (Å²) < 4.78 is 27.6. The maximum Gasteiger partial charge on any atom is 0.257 e. The highest BCUT2D eigenvalue weighted by Crippen LogP contribution is 2.31. The van der Waals surface area contributed by atoms with Gasteiger partial charge in [0.25, 0.3) is 5.91 Å². The molecule has 2 heterocycles. The van der Waals surface area contributed by atoms with Crippen LogP contribution in [0, 0.1) is 11.8 Å². The summed E-state index contributed by atoms with van der Waals surface area (Å²) in [5.41, 5.74) is 1.80. The number of amides is 1. The molecule has 0 saturated carbocycles. The molecule has 1 aliphatic rings. The quantitative estimate of drug-likeness (QED) is 0.442. The summed E-state index contributed by atoms with van der Waals surface area (Å²) in [4.78, 5) is 17.3. The highest BCUT2D eigenvalue weighted by Gasteiger charge is 2.31. The normalized spacial score (nSPS) is 19.4. The maximum absolute atomic E-state index is 13.0. The first kappa shape index (κ1) is 24.2. The lowest BCUT2D eigenvalue weighted by Gasteiger charge is -2.34. The fraction of sp³-hybridized carbons (Fsp3) is 0.304. The summed E-state index contributed by atoms with van der Waals surface area (Å²) in [6.45, 7) is 5.16. The zero-order chi connectivity index (χ0) is 23.8. The molecule has 1 saturated heterocycles. The van der Waals surface area contributed by atoms with E-state index < -0.39 is 10.0 Å². The van der Waals surface area contributed by atoms with Gasteiger partial charge in [0.2, 0.25) is 10.0 Å². The van der Waals surface area contributed by atoms with Gasteiger partial charge in [-0.15, -0.1) is 11.3 Å². The van der Waals surface area contributed by atoms with Crippen LogP contribution >= 0.6 is 34.5 Å². The topological polar surface area (TPSA) is 79.4 Å². The molecule has 1 aromatic heterocycles. The molecule has 1 N–H and O–H groups in total. The van der Waals surface area contributed by atoms with E-state index in [0.717, 1.165) is 12.0 Å². The summed E-state index contributed by atoms with van der Waals surface area (Å²) in [5, 5.41) is 5.88. The highest BCUT2D eigenvalue weighted by atomic mass is 35.5. The number of benzene rings is 2. The van der Waals surface area contributed by atoms with Crippen molar-refractivity contribution in [2.75, 3.05) is 18.4 Å². The van der Waals surface area contributed by atoms with Gasteiger partial charge in [0, 0.05) is 29.6 Å². The summed E-state index contributed by atoms with van der Waals surface area (Å²) in [5.74, 6) is 0.274. The molecule has 10 heteroatoms. The number of thiazole rings is 1. The number of anilines is 1. The van der Waals surface area contributed by atoms with E-state index in [1.54, 1.807) is 22.5 Å². The zero-order valence-corrected chi connectivity index (χ0v) is 21.2. The summed E-state index contributed by atoms with van der Waals surface area (Å²) in [7, 11) is -3.59. The number of hydrogen-bond donors (Lipinski definition) is 1. The molecule has 1 aliphatic heterocycles. The second kappa shape index (κ2) is 9.72. The molecule has 2 atom stereocenters. The summed E-state index contributed by atoms with van der Waals surface area (Å²) in [6, 6.07) is 11.2. The van der Waals surface area contributed by atoms with Crippen LogP contribution in [-0.4, -0.2) is 36.7 Å². The number of carbonyl (C=O) groups is 1. The van der Waals surface area contributed by atoms with Crippen molar-refractivity contribution in [1.82, 2.24) is 9.29 Å². The van der Waals surface area contributed by atoms with E-state index in [-0.39, 0.29) is 10.8 Å². The van der Waals surface area contributed by atoms with Crippen molar-refractivity contribution in [3.8, 4) is 11.3 Å². The molecule has 2 aromatic carbocycles. The molecule has 174 valence electrons. The monoisotopic (exact) mass is 523 g/mol. The van der Waals surface area contributed by atoms with Gasteiger partial charge in [0.05, 0.1) is 20.6 Å². The predicted molar refractivity (Wildman–Crippen MR) is 134 cm³/mol. The van der Waals surface area contributed by atoms with Crippen LogP contribution in [0.3, 0.4) is 0 Å². The van der Waals surface area contributed by atoms with Crippen molar-refractivity contribution in [2.45, 2.75) is 25.2 Å². The Balaban J connectivity index is 1.46. The number of rotatable bonds is 5. The summed E-state index contributed by atoms with van der Waals surface area (Å²) in [6.07, 6.45) is 1.02. The van der Waals surface area contributed by atoms with Crippen LogP contribution in [0.4, 0.5) is 5.13 Å². The Bertz CT molecular complexity index is 1270. The number of piperidine rings is 1. The van der Waals surface area contributed by atoms with Crippen molar-refractivity contribution in [1.29, 1.82) is 0 Å². The smallest absolute Gasteiger partial charge is 0.257 e. The third kappa shape index (κ3) is 5.41. The third-order valence-electron chi connectivity index (χ3n) is 5.53. The average molecular weight is 524 g/mol. The van der Waals surface area contributed by atoms with E-state index in [9.17, 15) is 13.2 Å². The largest absolute Gasteiger partial charge is 0.298 e. The molecule has 33 heavy (non-hydrogen) atoms. The number of sulfonamides is 1. The van der Waals surface area contributed by atoms with Crippen LogP contribution in [0.5, 0.6) is 0 Å². The summed E-state index contributed by atoms with van der Waals surface area (Å²) >= 11 is 13.3. The number of nitrogens with zero attached hydrogens (tertiary/aromatic N) is 2. The van der Waals surface area contributed by atoms with Crippen LogP contribution in [0.25, 0.3) is 11.3 Å². The van der Waals surface area contributed by atoms with Gasteiger partial charge in [-0.3, -0.25) is 10.1 Å². The fourth-order valence-electron chi connectivity index (χ4n) is 4.02. The molecule has 6 nitrogen and oxygen atoms in total. The Hall–Kier alpha value is -1.97. The minimum Gasteiger partial charge on any atom is -0.298 e. The lowest BCUT2D eigenvalue weighted by Crippen LogP contribution is -2.42. The average Bonchev–Trinajstić information content (AvgIpc) is 3.23. The Morgan fingerprint density at radius 2 is 1.73 bits per heavy atom. The molecule has 3 aromatic rings. The minimum absolute atomic E-state index is 0.191. The highest BCUT2D eigenvalue weighted by molar-refractivity contribution is 7.89. The molecular weight excluding hydrogens is 501 g/mol. The van der Waals surface area contributed by atoms with Gasteiger partial charge in [-0.05, 0) is 54.7 Å². The van der Waals surface area contributed by atoms with E-state index in [4.69, 9.17) is 23.2 Å². The van der Waals surface area contributed by atoms with Crippen molar-refractivity contribution in [3.63, 3.8) is 0 Å². The first-order valence-corrected chi connectivity index (χ1v) is 13.5. The third-order valence-corrected chi connectivity index (χ3v) is 8.87. The molecule has 0 bridgehead atoms. The van der Waals surface area contributed by atoms with Gasteiger partial charge in [0.1, 0.15) is 0 Å². The van der Waals surface area contributed by atoms with Gasteiger partial charge in [-0.25, -0.2) is 13.4 Å². The van der Waals surface area contributed by atoms with E-state index in [2.05, 4.69) is 24.1 Å². The standard InChI is InChI=1S/C23H23Cl2N3O3S2/c1-14-9-15(2)12-28(11-14)33(30,31)18-6-3-16(4-7-18)22(29)27-23-26-21(13-32-23)17-5-8-19(24)20(25)10-17/h3-8,10,13-15H,9,11-12H2,1-2H3,(H,26,27,29). The molecular formula is C23H23Cl2N3O3S2. The van der Waals surface area contributed by atoms with Crippen molar-refractivity contribution >= 4 is 55.6 Å². The predicted octanol–water partition coefficient (Wildman–Crippen LogP) is 6.04. The van der Waals surface area contributed by atoms with E-state index >= 15 is 0 Å². The zero-order valence-electron chi connectivity index (χ0n) is 18.1. The lowest BCUT2D eigenvalue weighted by atomic mass is 9.94. The molecule has 1 amide bonds. The SMILES string of the molecule is CC1CC(C)CN(S(=O)(=O)c2ccc(C(=O)Nc3nc(-c4ccc(Cl)c(Cl)c4)cs3)cc2)C1. The van der Waals surface area contributed by atoms with E-state index in [1.807, 2.05) is 5.38 Å². The Labute approximate surface area is 207 Å². The second-order valence-corrected chi connectivity index (χ2v) is 12.0. The number of aromatic nitrogens is 1. The molecule has 2 unspecified atom stereocenters. The first-order valence-electron chi connectivity index (χ1n) is 10.5. The van der Waals surface area contributed by atoms with E-state index in [0.29, 0.717) is 51.4 Å². The first-order chi connectivity index (χ1) is 15.6. The lowest BCUT2D eigenvalue weighted by molar-refractivity contribution is 0.102. The number of nitrogens with one attached hydrogen (secondary N) is 1. The van der Waals surface area contributed by atoms with Crippen LogP contribution in [0.15, 0.2) is 52.7 Å². The molecule has 0 radical (unpaired) electrons. The Morgan fingerprint density at radius 3 is 2.36 bits per heavy atom. The Morgan fingerprint density at radius 1 is 1.06 bits per heavy atom. The van der Waals surface area contributed by atoms with Gasteiger partial charge in [-0.1, -0.05) is 43.1 Å². The van der Waals surface area contributed by atoms with Gasteiger partial charge >= 0.3 is 0 Å². The maximum atomic E-state index is 13.0. The van der Waals surface area contributed by atoms with Crippen molar-refractivity contribution in [3.05, 3.63) is 63.5 Å². The van der Waals surface area contributed by atoms with Crippen molar-refractivity contribution in [2.24, 2.45) is 11.8 Å². The van der Waals surface area contributed by atoms with Gasteiger partial charge in [0.15, 0.2) is 5.13 Å². The number of hydrogen-bond acceptors (Lipinski definition) is 5. The van der Waals surface area contributed by atoms with Crippen LogP contribution in [0.1, 0.15) is 30.6 Å². The molecule has 0 aliphatic carbocycles.